The molecule has 0 radical (unpaired) electrons. The Balaban J connectivity index is 1.79. The third kappa shape index (κ3) is 3.22. The Bertz CT molecular complexity index is 291. The molecule has 0 bridgehead atoms. The van der Waals surface area contributed by atoms with Crippen LogP contribution in [0.15, 0.2) is 24.3 Å². The summed E-state index contributed by atoms with van der Waals surface area (Å²) in [6.45, 7) is 5.29. The molecule has 1 aromatic rings. The first-order chi connectivity index (χ1) is 7.34. The summed E-state index contributed by atoms with van der Waals surface area (Å²) < 4.78 is 11.2. The summed E-state index contributed by atoms with van der Waals surface area (Å²) in [6.07, 6.45) is 0.181. The van der Waals surface area contributed by atoms with E-state index in [1.807, 2.05) is 12.1 Å². The van der Waals surface area contributed by atoms with Gasteiger partial charge in [0.05, 0.1) is 6.61 Å². The lowest BCUT2D eigenvalue weighted by Gasteiger charge is -2.23. The number of aryl methyl sites for hydroxylation is 1. The second-order valence-electron chi connectivity index (χ2n) is 3.82. The summed E-state index contributed by atoms with van der Waals surface area (Å²) in [6, 6.07) is 8.09. The number of rotatable bonds is 3. The average Bonchev–Trinajstić information content (AvgIpc) is 2.30. The van der Waals surface area contributed by atoms with Crippen LogP contribution in [-0.4, -0.2) is 32.4 Å². The van der Waals surface area contributed by atoms with Crippen LogP contribution in [-0.2, 0) is 4.74 Å². The van der Waals surface area contributed by atoms with E-state index in [-0.39, 0.29) is 6.10 Å². The van der Waals surface area contributed by atoms with E-state index in [1.54, 1.807) is 0 Å². The highest BCUT2D eigenvalue weighted by molar-refractivity contribution is 5.26. The van der Waals surface area contributed by atoms with Gasteiger partial charge in [0.15, 0.2) is 0 Å². The highest BCUT2D eigenvalue weighted by atomic mass is 16.5. The first-order valence-corrected chi connectivity index (χ1v) is 5.36. The molecule has 1 aliphatic heterocycles. The number of nitrogens with one attached hydrogen (secondary N) is 1. The Morgan fingerprint density at radius 1 is 1.40 bits per heavy atom. The zero-order chi connectivity index (χ0) is 10.5. The van der Waals surface area contributed by atoms with E-state index in [4.69, 9.17) is 9.47 Å². The Labute approximate surface area is 90.4 Å². The van der Waals surface area contributed by atoms with Crippen molar-refractivity contribution in [3.63, 3.8) is 0 Å². The molecule has 1 fully saturated rings. The maximum absolute atomic E-state index is 5.64. The molecule has 1 aliphatic rings. The molecule has 1 heterocycles. The largest absolute Gasteiger partial charge is 0.491 e. The third-order valence-electron chi connectivity index (χ3n) is 2.46. The highest BCUT2D eigenvalue weighted by Crippen LogP contribution is 2.12. The van der Waals surface area contributed by atoms with Crippen LogP contribution in [0.4, 0.5) is 0 Å². The lowest BCUT2D eigenvalue weighted by Crippen LogP contribution is -2.41. The molecule has 3 nitrogen and oxygen atoms in total. The lowest BCUT2D eigenvalue weighted by atomic mass is 10.2. The normalized spacial score (nSPS) is 21.3. The van der Waals surface area contributed by atoms with Crippen LogP contribution in [0.5, 0.6) is 5.75 Å². The summed E-state index contributed by atoms with van der Waals surface area (Å²) in [4.78, 5) is 0. The minimum Gasteiger partial charge on any atom is -0.491 e. The van der Waals surface area contributed by atoms with Crippen LogP contribution in [0.3, 0.4) is 0 Å². The molecule has 3 heteroatoms. The smallest absolute Gasteiger partial charge is 0.119 e. The minimum atomic E-state index is 0.181. The number of ether oxygens (including phenoxy) is 2. The minimum absolute atomic E-state index is 0.181. The van der Waals surface area contributed by atoms with Crippen LogP contribution in [0.25, 0.3) is 0 Å². The molecule has 0 spiro atoms. The van der Waals surface area contributed by atoms with Crippen LogP contribution < -0.4 is 10.1 Å². The molecule has 0 amide bonds. The highest BCUT2D eigenvalue weighted by Gasteiger charge is 2.13. The molecule has 0 unspecified atom stereocenters. The summed E-state index contributed by atoms with van der Waals surface area (Å²) in [5.74, 6) is 0.912. The number of benzene rings is 1. The van der Waals surface area contributed by atoms with Crippen LogP contribution in [0.1, 0.15) is 5.56 Å². The van der Waals surface area contributed by atoms with Crippen molar-refractivity contribution in [2.75, 3.05) is 26.3 Å². The lowest BCUT2D eigenvalue weighted by molar-refractivity contribution is 0.000194. The van der Waals surface area contributed by atoms with Gasteiger partial charge in [0, 0.05) is 13.1 Å². The molecule has 0 aliphatic carbocycles. The molecule has 1 saturated heterocycles. The molecule has 82 valence electrons. The second kappa shape index (κ2) is 5.14. The van der Waals surface area contributed by atoms with E-state index in [1.165, 1.54) is 5.56 Å². The SMILES string of the molecule is Cc1ccc(OC[C@H]2CNCCO2)cc1. The van der Waals surface area contributed by atoms with E-state index in [0.717, 1.165) is 25.4 Å². The fourth-order valence-electron chi connectivity index (χ4n) is 1.55. The monoisotopic (exact) mass is 207 g/mol. The number of morpholine rings is 1. The van der Waals surface area contributed by atoms with Gasteiger partial charge in [-0.25, -0.2) is 0 Å². The van der Waals surface area contributed by atoms with Crippen LogP contribution in [0, 0.1) is 6.92 Å². The molecule has 1 N–H and O–H groups in total. The van der Waals surface area contributed by atoms with Gasteiger partial charge in [0.25, 0.3) is 0 Å². The fraction of sp³-hybridized carbons (Fsp3) is 0.500. The molecule has 0 saturated carbocycles. The van der Waals surface area contributed by atoms with Crippen molar-refractivity contribution in [3.8, 4) is 5.75 Å². The van der Waals surface area contributed by atoms with Gasteiger partial charge >= 0.3 is 0 Å². The van der Waals surface area contributed by atoms with Crippen molar-refractivity contribution in [2.45, 2.75) is 13.0 Å². The van der Waals surface area contributed by atoms with Gasteiger partial charge < -0.3 is 14.8 Å². The van der Waals surface area contributed by atoms with Gasteiger partial charge in [0.2, 0.25) is 0 Å². The van der Waals surface area contributed by atoms with Gasteiger partial charge in [-0.2, -0.15) is 0 Å². The summed E-state index contributed by atoms with van der Waals surface area (Å²) in [7, 11) is 0. The Morgan fingerprint density at radius 2 is 2.20 bits per heavy atom. The third-order valence-corrected chi connectivity index (χ3v) is 2.46. The Morgan fingerprint density at radius 3 is 2.87 bits per heavy atom. The first kappa shape index (κ1) is 10.5. The van der Waals surface area contributed by atoms with Gasteiger partial charge in [-0.1, -0.05) is 17.7 Å². The molecular formula is C12H17NO2. The molecule has 1 aromatic carbocycles. The van der Waals surface area contributed by atoms with Crippen molar-refractivity contribution in [1.82, 2.24) is 5.32 Å². The van der Waals surface area contributed by atoms with E-state index in [2.05, 4.69) is 24.4 Å². The standard InChI is InChI=1S/C12H17NO2/c1-10-2-4-11(5-3-10)15-9-12-8-13-6-7-14-12/h2-5,12-13H,6-9H2,1H3/t12-/m1/s1. The maximum Gasteiger partial charge on any atom is 0.119 e. The van der Waals surface area contributed by atoms with Crippen LogP contribution in [0.2, 0.25) is 0 Å². The van der Waals surface area contributed by atoms with Gasteiger partial charge in [-0.3, -0.25) is 0 Å². The predicted molar refractivity (Wildman–Crippen MR) is 59.3 cm³/mol. The van der Waals surface area contributed by atoms with E-state index < -0.39 is 0 Å². The molecule has 0 aromatic heterocycles. The van der Waals surface area contributed by atoms with E-state index in [0.29, 0.717) is 6.61 Å². The van der Waals surface area contributed by atoms with Gasteiger partial charge in [-0.15, -0.1) is 0 Å². The van der Waals surface area contributed by atoms with Crippen molar-refractivity contribution >= 4 is 0 Å². The average molecular weight is 207 g/mol. The summed E-state index contributed by atoms with van der Waals surface area (Å²) in [5, 5.41) is 3.28. The first-order valence-electron chi connectivity index (χ1n) is 5.36. The summed E-state index contributed by atoms with van der Waals surface area (Å²) in [5.41, 5.74) is 1.25. The second-order valence-corrected chi connectivity index (χ2v) is 3.82. The Kier molecular flexibility index (Phi) is 3.59. The Hall–Kier alpha value is -1.06. The van der Waals surface area contributed by atoms with E-state index >= 15 is 0 Å². The zero-order valence-electron chi connectivity index (χ0n) is 9.03. The molecular weight excluding hydrogens is 190 g/mol. The maximum atomic E-state index is 5.64. The van der Waals surface area contributed by atoms with Crippen molar-refractivity contribution in [1.29, 1.82) is 0 Å². The molecule has 15 heavy (non-hydrogen) atoms. The van der Waals surface area contributed by atoms with Gasteiger partial charge in [0.1, 0.15) is 18.5 Å². The van der Waals surface area contributed by atoms with Crippen molar-refractivity contribution < 1.29 is 9.47 Å². The van der Waals surface area contributed by atoms with E-state index in [9.17, 15) is 0 Å². The summed E-state index contributed by atoms with van der Waals surface area (Å²) >= 11 is 0. The number of hydrogen-bond acceptors (Lipinski definition) is 3. The molecule has 2 rings (SSSR count). The zero-order valence-corrected chi connectivity index (χ0v) is 9.03. The molecule has 1 atom stereocenters. The fourth-order valence-corrected chi connectivity index (χ4v) is 1.55. The predicted octanol–water partition coefficient (Wildman–Crippen LogP) is 1.36. The quantitative estimate of drug-likeness (QED) is 0.812. The van der Waals surface area contributed by atoms with Gasteiger partial charge in [-0.05, 0) is 19.1 Å². The number of hydrogen-bond donors (Lipinski definition) is 1. The topological polar surface area (TPSA) is 30.5 Å². The van der Waals surface area contributed by atoms with Crippen molar-refractivity contribution in [2.24, 2.45) is 0 Å². The van der Waals surface area contributed by atoms with Crippen LogP contribution >= 0.6 is 0 Å². The van der Waals surface area contributed by atoms with Crippen molar-refractivity contribution in [3.05, 3.63) is 29.8 Å².